The number of benzene rings is 1. The predicted octanol–water partition coefficient (Wildman–Crippen LogP) is 1.58. The highest BCUT2D eigenvalue weighted by molar-refractivity contribution is 5.76. The van der Waals surface area contributed by atoms with Gasteiger partial charge in [0.1, 0.15) is 0 Å². The molecule has 0 spiro atoms. The van der Waals surface area contributed by atoms with E-state index in [1.54, 1.807) is 11.9 Å². The fourth-order valence-electron chi connectivity index (χ4n) is 1.36. The number of amides is 1. The van der Waals surface area contributed by atoms with Crippen LogP contribution < -0.4 is 0 Å². The minimum Gasteiger partial charge on any atom is -0.389 e. The van der Waals surface area contributed by atoms with Crippen molar-refractivity contribution in [1.29, 1.82) is 0 Å². The van der Waals surface area contributed by atoms with Gasteiger partial charge in [0.05, 0.1) is 12.5 Å². The fraction of sp³-hybridized carbons (Fsp3) is 0.308. The van der Waals surface area contributed by atoms with Crippen LogP contribution in [0.5, 0.6) is 0 Å². The summed E-state index contributed by atoms with van der Waals surface area (Å²) in [6, 6.07) is 9.74. The molecule has 0 aliphatic carbocycles. The maximum absolute atomic E-state index is 11.6. The molecule has 0 radical (unpaired) electrons. The second kappa shape index (κ2) is 6.08. The summed E-state index contributed by atoms with van der Waals surface area (Å²) in [5.74, 6) is -0.0868. The second-order valence-corrected chi connectivity index (χ2v) is 3.74. The molecule has 0 fully saturated rings. The van der Waals surface area contributed by atoms with Crippen molar-refractivity contribution in [2.24, 2.45) is 0 Å². The van der Waals surface area contributed by atoms with E-state index in [1.165, 1.54) is 6.08 Å². The number of aliphatic hydroxyl groups excluding tert-OH is 1. The van der Waals surface area contributed by atoms with Crippen LogP contribution in [0.25, 0.3) is 0 Å². The molecule has 3 nitrogen and oxygen atoms in total. The number of hydrogen-bond donors (Lipinski definition) is 1. The van der Waals surface area contributed by atoms with E-state index in [0.29, 0.717) is 6.54 Å². The Hall–Kier alpha value is -1.61. The van der Waals surface area contributed by atoms with Crippen LogP contribution in [0.3, 0.4) is 0 Å². The van der Waals surface area contributed by atoms with Gasteiger partial charge in [0.2, 0.25) is 5.91 Å². The molecule has 0 heterocycles. The van der Waals surface area contributed by atoms with Crippen LogP contribution >= 0.6 is 0 Å². The van der Waals surface area contributed by atoms with E-state index in [4.69, 9.17) is 0 Å². The Labute approximate surface area is 96.0 Å². The highest BCUT2D eigenvalue weighted by atomic mass is 16.3. The van der Waals surface area contributed by atoms with Gasteiger partial charge in [-0.25, -0.2) is 0 Å². The Morgan fingerprint density at radius 3 is 2.69 bits per heavy atom. The summed E-state index contributed by atoms with van der Waals surface area (Å²) in [5.41, 5.74) is 1.08. The topological polar surface area (TPSA) is 40.5 Å². The van der Waals surface area contributed by atoms with E-state index in [2.05, 4.69) is 6.58 Å². The van der Waals surface area contributed by atoms with Crippen molar-refractivity contribution in [2.45, 2.75) is 19.1 Å². The molecule has 16 heavy (non-hydrogen) atoms. The molecule has 0 saturated carbocycles. The van der Waals surface area contributed by atoms with Crippen molar-refractivity contribution in [3.05, 3.63) is 48.6 Å². The Kier molecular flexibility index (Phi) is 4.73. The van der Waals surface area contributed by atoms with E-state index in [9.17, 15) is 9.90 Å². The van der Waals surface area contributed by atoms with Gasteiger partial charge in [-0.15, -0.1) is 6.58 Å². The lowest BCUT2D eigenvalue weighted by atomic mass is 10.2. The average molecular weight is 219 g/mol. The molecule has 1 aromatic rings. The molecule has 1 N–H and O–H groups in total. The van der Waals surface area contributed by atoms with Crippen LogP contribution in [0, 0.1) is 0 Å². The minimum absolute atomic E-state index is 0.0868. The first-order valence-electron chi connectivity index (χ1n) is 5.22. The van der Waals surface area contributed by atoms with Crippen molar-refractivity contribution >= 4 is 5.91 Å². The van der Waals surface area contributed by atoms with Crippen molar-refractivity contribution in [3.8, 4) is 0 Å². The predicted molar refractivity (Wildman–Crippen MR) is 63.7 cm³/mol. The Bertz CT molecular complexity index is 348. The van der Waals surface area contributed by atoms with Gasteiger partial charge >= 0.3 is 0 Å². The largest absolute Gasteiger partial charge is 0.389 e. The number of rotatable bonds is 5. The average Bonchev–Trinajstić information content (AvgIpc) is 2.30. The standard InChI is InChI=1S/C13H17NO2/c1-3-12(15)9-13(16)14(2)10-11-7-5-4-6-8-11/h3-8,12,15H,1,9-10H2,2H3/t12-/m1/s1. The van der Waals surface area contributed by atoms with Gasteiger partial charge in [0.25, 0.3) is 0 Å². The molecule has 1 aromatic carbocycles. The van der Waals surface area contributed by atoms with Crippen LogP contribution in [-0.2, 0) is 11.3 Å². The number of carbonyl (C=O) groups is 1. The summed E-state index contributed by atoms with van der Waals surface area (Å²) < 4.78 is 0. The third-order valence-corrected chi connectivity index (χ3v) is 2.34. The third-order valence-electron chi connectivity index (χ3n) is 2.34. The van der Waals surface area contributed by atoms with Gasteiger partial charge in [-0.3, -0.25) is 4.79 Å². The van der Waals surface area contributed by atoms with Crippen molar-refractivity contribution < 1.29 is 9.90 Å². The van der Waals surface area contributed by atoms with Gasteiger partial charge in [-0.05, 0) is 5.56 Å². The zero-order chi connectivity index (χ0) is 12.0. The van der Waals surface area contributed by atoms with Crippen molar-refractivity contribution in [1.82, 2.24) is 4.90 Å². The molecule has 3 heteroatoms. The first kappa shape index (κ1) is 12.5. The van der Waals surface area contributed by atoms with Gasteiger partial charge < -0.3 is 10.0 Å². The first-order valence-corrected chi connectivity index (χ1v) is 5.22. The lowest BCUT2D eigenvalue weighted by Crippen LogP contribution is -2.28. The van der Waals surface area contributed by atoms with Crippen LogP contribution in [0.2, 0.25) is 0 Å². The summed E-state index contributed by atoms with van der Waals surface area (Å²) in [6.07, 6.45) is 0.701. The molecule has 0 aromatic heterocycles. The molecule has 0 aliphatic rings. The van der Waals surface area contributed by atoms with E-state index in [-0.39, 0.29) is 12.3 Å². The van der Waals surface area contributed by atoms with Gasteiger partial charge in [-0.1, -0.05) is 36.4 Å². The number of nitrogens with zero attached hydrogens (tertiary/aromatic N) is 1. The molecule has 0 bridgehead atoms. The monoisotopic (exact) mass is 219 g/mol. The summed E-state index contributed by atoms with van der Waals surface area (Å²) in [4.78, 5) is 13.2. The molecular weight excluding hydrogens is 202 g/mol. The molecule has 0 aliphatic heterocycles. The van der Waals surface area contributed by atoms with Crippen LogP contribution in [0.1, 0.15) is 12.0 Å². The van der Waals surface area contributed by atoms with Crippen molar-refractivity contribution in [3.63, 3.8) is 0 Å². The van der Waals surface area contributed by atoms with Gasteiger partial charge in [0, 0.05) is 13.6 Å². The molecule has 0 unspecified atom stereocenters. The quantitative estimate of drug-likeness (QED) is 0.764. The van der Waals surface area contributed by atoms with E-state index in [0.717, 1.165) is 5.56 Å². The zero-order valence-corrected chi connectivity index (χ0v) is 9.47. The molecule has 1 atom stereocenters. The lowest BCUT2D eigenvalue weighted by Gasteiger charge is -2.18. The lowest BCUT2D eigenvalue weighted by molar-refractivity contribution is -0.131. The maximum Gasteiger partial charge on any atom is 0.225 e. The molecule has 0 saturated heterocycles. The smallest absolute Gasteiger partial charge is 0.225 e. The zero-order valence-electron chi connectivity index (χ0n) is 9.47. The van der Waals surface area contributed by atoms with Crippen LogP contribution in [0.4, 0.5) is 0 Å². The Morgan fingerprint density at radius 1 is 1.50 bits per heavy atom. The van der Waals surface area contributed by atoms with E-state index in [1.807, 2.05) is 30.3 Å². The molecular formula is C13H17NO2. The highest BCUT2D eigenvalue weighted by Gasteiger charge is 2.12. The highest BCUT2D eigenvalue weighted by Crippen LogP contribution is 2.05. The number of hydrogen-bond acceptors (Lipinski definition) is 2. The first-order chi connectivity index (χ1) is 7.63. The minimum atomic E-state index is -0.759. The SMILES string of the molecule is C=C[C@@H](O)CC(=O)N(C)Cc1ccccc1. The summed E-state index contributed by atoms with van der Waals surface area (Å²) in [6.45, 7) is 4.00. The summed E-state index contributed by atoms with van der Waals surface area (Å²) >= 11 is 0. The third kappa shape index (κ3) is 3.87. The van der Waals surface area contributed by atoms with Gasteiger partial charge in [0.15, 0.2) is 0 Å². The molecule has 1 rings (SSSR count). The van der Waals surface area contributed by atoms with Crippen LogP contribution in [0.15, 0.2) is 43.0 Å². The number of aliphatic hydroxyl groups is 1. The molecule has 1 amide bonds. The van der Waals surface area contributed by atoms with Crippen LogP contribution in [-0.4, -0.2) is 29.1 Å². The van der Waals surface area contributed by atoms with Crippen molar-refractivity contribution in [2.75, 3.05) is 7.05 Å². The summed E-state index contributed by atoms with van der Waals surface area (Å²) in [7, 11) is 1.73. The normalized spacial score (nSPS) is 11.9. The maximum atomic E-state index is 11.6. The Morgan fingerprint density at radius 2 is 2.12 bits per heavy atom. The second-order valence-electron chi connectivity index (χ2n) is 3.74. The van der Waals surface area contributed by atoms with Gasteiger partial charge in [-0.2, -0.15) is 0 Å². The fourth-order valence-corrected chi connectivity index (χ4v) is 1.36. The molecule has 86 valence electrons. The van der Waals surface area contributed by atoms with E-state index < -0.39 is 6.10 Å². The Balaban J connectivity index is 2.49. The van der Waals surface area contributed by atoms with E-state index >= 15 is 0 Å². The number of carbonyl (C=O) groups excluding carboxylic acids is 1. The summed E-state index contributed by atoms with van der Waals surface area (Å²) in [5, 5.41) is 9.28.